The highest BCUT2D eigenvalue weighted by atomic mass is 35.5. The van der Waals surface area contributed by atoms with Gasteiger partial charge in [-0.15, -0.1) is 0 Å². The maximum Gasteiger partial charge on any atom is 0.306 e. The number of carbonyl (C=O) groups excluding carboxylic acids is 2. The summed E-state index contributed by atoms with van der Waals surface area (Å²) in [6.45, 7) is 8.02. The topological polar surface area (TPSA) is 106 Å². The highest BCUT2D eigenvalue weighted by Gasteiger charge is 2.50. The molecule has 38 heavy (non-hydrogen) atoms. The van der Waals surface area contributed by atoms with Gasteiger partial charge in [-0.05, 0) is 76.4 Å². The van der Waals surface area contributed by atoms with E-state index in [1.54, 1.807) is 52.0 Å². The number of rotatable bonds is 12. The van der Waals surface area contributed by atoms with Crippen molar-refractivity contribution in [2.45, 2.75) is 70.6 Å². The number of esters is 1. The Morgan fingerprint density at radius 1 is 1.16 bits per heavy atom. The third-order valence-electron chi connectivity index (χ3n) is 6.10. The Kier molecular flexibility index (Phi) is 10.2. The molecule has 1 amide bonds. The lowest BCUT2D eigenvalue weighted by molar-refractivity contribution is -0.155. The number of aliphatic imine (C=N–C) groups is 1. The molecule has 0 spiro atoms. The SMILES string of the molecule is C[C@H]1OC(c2ccc(OCCCO)cc2)=N[C@@]1(CCC(=O)OC(C)(C)C)C(=O)NCCc1ccccc1Cl. The molecule has 2 N–H and O–H groups in total. The first-order valence-electron chi connectivity index (χ1n) is 12.9. The van der Waals surface area contributed by atoms with E-state index >= 15 is 0 Å². The molecule has 206 valence electrons. The molecule has 0 saturated heterocycles. The Bertz CT molecular complexity index is 1130. The molecule has 1 aliphatic rings. The number of aliphatic hydroxyl groups excluding tert-OH is 1. The quantitative estimate of drug-likeness (QED) is 0.301. The van der Waals surface area contributed by atoms with E-state index in [-0.39, 0.29) is 25.4 Å². The monoisotopic (exact) mass is 544 g/mol. The number of halogens is 1. The van der Waals surface area contributed by atoms with E-state index in [1.165, 1.54) is 0 Å². The molecule has 1 heterocycles. The number of hydrogen-bond acceptors (Lipinski definition) is 7. The lowest BCUT2D eigenvalue weighted by Gasteiger charge is -2.28. The second-order valence-electron chi connectivity index (χ2n) is 10.2. The van der Waals surface area contributed by atoms with Crippen LogP contribution in [-0.2, 0) is 25.5 Å². The summed E-state index contributed by atoms with van der Waals surface area (Å²) < 4.78 is 17.1. The third-order valence-corrected chi connectivity index (χ3v) is 6.46. The number of carbonyl (C=O) groups is 2. The highest BCUT2D eigenvalue weighted by Crippen LogP contribution is 2.34. The van der Waals surface area contributed by atoms with Gasteiger partial charge >= 0.3 is 5.97 Å². The zero-order chi connectivity index (χ0) is 27.8. The number of benzene rings is 2. The predicted octanol–water partition coefficient (Wildman–Crippen LogP) is 4.49. The van der Waals surface area contributed by atoms with Crippen molar-refractivity contribution in [2.24, 2.45) is 4.99 Å². The minimum atomic E-state index is -1.30. The summed E-state index contributed by atoms with van der Waals surface area (Å²) in [4.78, 5) is 30.9. The fraction of sp³-hybridized carbons (Fsp3) is 0.483. The van der Waals surface area contributed by atoms with Gasteiger partial charge in [0.15, 0.2) is 5.54 Å². The molecular formula is C29H37ClN2O6. The molecule has 1 aliphatic heterocycles. The van der Waals surface area contributed by atoms with Crippen LogP contribution in [0, 0.1) is 0 Å². The van der Waals surface area contributed by atoms with E-state index in [9.17, 15) is 9.59 Å². The largest absolute Gasteiger partial charge is 0.494 e. The van der Waals surface area contributed by atoms with Crippen molar-refractivity contribution in [3.8, 4) is 5.75 Å². The Hall–Kier alpha value is -3.10. The first-order chi connectivity index (χ1) is 18.0. The molecule has 2 aromatic rings. The summed E-state index contributed by atoms with van der Waals surface area (Å²) in [7, 11) is 0. The van der Waals surface area contributed by atoms with Gasteiger partial charge in [0.1, 0.15) is 17.5 Å². The number of ether oxygens (including phenoxy) is 3. The fourth-order valence-corrected chi connectivity index (χ4v) is 4.33. The van der Waals surface area contributed by atoms with Crippen LogP contribution in [0.2, 0.25) is 5.02 Å². The van der Waals surface area contributed by atoms with Crippen LogP contribution in [0.4, 0.5) is 0 Å². The number of aliphatic hydroxyl groups is 1. The van der Waals surface area contributed by atoms with Gasteiger partial charge in [-0.25, -0.2) is 4.99 Å². The van der Waals surface area contributed by atoms with Crippen molar-refractivity contribution in [3.63, 3.8) is 0 Å². The second kappa shape index (κ2) is 13.1. The van der Waals surface area contributed by atoms with Gasteiger partial charge in [-0.2, -0.15) is 0 Å². The van der Waals surface area contributed by atoms with Crippen LogP contribution in [0.15, 0.2) is 53.5 Å². The molecule has 0 radical (unpaired) electrons. The Labute approximate surface area is 229 Å². The number of nitrogens with zero attached hydrogens (tertiary/aromatic N) is 1. The molecule has 0 fully saturated rings. The molecule has 0 bridgehead atoms. The lowest BCUT2D eigenvalue weighted by Crippen LogP contribution is -2.51. The van der Waals surface area contributed by atoms with E-state index in [0.717, 1.165) is 5.56 Å². The van der Waals surface area contributed by atoms with Gasteiger partial charge in [0.25, 0.3) is 5.91 Å². The maximum absolute atomic E-state index is 13.6. The molecule has 9 heteroatoms. The first kappa shape index (κ1) is 29.5. The molecule has 2 aromatic carbocycles. The minimum Gasteiger partial charge on any atom is -0.494 e. The van der Waals surface area contributed by atoms with E-state index < -0.39 is 23.2 Å². The molecule has 8 nitrogen and oxygen atoms in total. The average Bonchev–Trinajstić information content (AvgIpc) is 3.20. The van der Waals surface area contributed by atoms with Crippen molar-refractivity contribution < 1.29 is 28.9 Å². The zero-order valence-corrected chi connectivity index (χ0v) is 23.2. The summed E-state index contributed by atoms with van der Waals surface area (Å²) in [5.41, 5.74) is -0.314. The molecule has 0 saturated carbocycles. The summed E-state index contributed by atoms with van der Waals surface area (Å²) in [5, 5.41) is 12.5. The van der Waals surface area contributed by atoms with Crippen molar-refractivity contribution >= 4 is 29.4 Å². The van der Waals surface area contributed by atoms with Crippen molar-refractivity contribution in [2.75, 3.05) is 19.8 Å². The smallest absolute Gasteiger partial charge is 0.306 e. The zero-order valence-electron chi connectivity index (χ0n) is 22.5. The highest BCUT2D eigenvalue weighted by molar-refractivity contribution is 6.31. The van der Waals surface area contributed by atoms with Gasteiger partial charge in [0.05, 0.1) is 6.61 Å². The Morgan fingerprint density at radius 2 is 1.87 bits per heavy atom. The fourth-order valence-electron chi connectivity index (χ4n) is 4.10. The van der Waals surface area contributed by atoms with Gasteiger partial charge in [0, 0.05) is 36.6 Å². The van der Waals surface area contributed by atoms with Crippen molar-refractivity contribution in [1.29, 1.82) is 0 Å². The van der Waals surface area contributed by atoms with Crippen LogP contribution >= 0.6 is 11.6 Å². The third kappa shape index (κ3) is 7.95. The van der Waals surface area contributed by atoms with Gasteiger partial charge in [-0.3, -0.25) is 9.59 Å². The van der Waals surface area contributed by atoms with Gasteiger partial charge < -0.3 is 24.6 Å². The Morgan fingerprint density at radius 3 is 2.53 bits per heavy atom. The van der Waals surface area contributed by atoms with Crippen LogP contribution in [0.25, 0.3) is 0 Å². The predicted molar refractivity (Wildman–Crippen MR) is 147 cm³/mol. The minimum absolute atomic E-state index is 0.0112. The number of amides is 1. The maximum atomic E-state index is 13.6. The van der Waals surface area contributed by atoms with Crippen LogP contribution in [0.1, 0.15) is 58.1 Å². The van der Waals surface area contributed by atoms with Gasteiger partial charge in [0.2, 0.25) is 5.90 Å². The normalized spacial score (nSPS) is 18.9. The van der Waals surface area contributed by atoms with E-state index in [0.29, 0.717) is 48.2 Å². The Balaban J connectivity index is 1.79. The van der Waals surface area contributed by atoms with Gasteiger partial charge in [-0.1, -0.05) is 29.8 Å². The molecule has 2 atom stereocenters. The second-order valence-corrected chi connectivity index (χ2v) is 10.6. The van der Waals surface area contributed by atoms with Crippen molar-refractivity contribution in [3.05, 3.63) is 64.7 Å². The molecule has 3 rings (SSSR count). The van der Waals surface area contributed by atoms with Crippen LogP contribution in [-0.4, -0.2) is 59.9 Å². The summed E-state index contributed by atoms with van der Waals surface area (Å²) >= 11 is 6.26. The van der Waals surface area contributed by atoms with Crippen LogP contribution < -0.4 is 10.1 Å². The number of nitrogens with one attached hydrogen (secondary N) is 1. The molecule has 0 aromatic heterocycles. The summed E-state index contributed by atoms with van der Waals surface area (Å²) in [6, 6.07) is 14.7. The summed E-state index contributed by atoms with van der Waals surface area (Å²) in [6.07, 6.45) is 0.628. The van der Waals surface area contributed by atoms with E-state index in [2.05, 4.69) is 5.32 Å². The van der Waals surface area contributed by atoms with E-state index in [1.807, 2.05) is 24.3 Å². The standard InChI is InChI=1S/C29H37ClN2O6/c1-20-29(16-14-25(34)38-28(2,3)4,27(35)31-17-15-21-8-5-6-9-24(21)30)32-26(37-20)22-10-12-23(13-11-22)36-19-7-18-33/h5-6,8-13,20,33H,7,14-19H2,1-4H3,(H,31,35)/t20-,29-/m1/s1. The summed E-state index contributed by atoms with van der Waals surface area (Å²) in [5.74, 6) is 0.257. The molecule has 0 unspecified atom stereocenters. The van der Waals surface area contributed by atoms with Crippen LogP contribution in [0.3, 0.4) is 0 Å². The van der Waals surface area contributed by atoms with E-state index in [4.69, 9.17) is 35.9 Å². The lowest BCUT2D eigenvalue weighted by atomic mass is 9.87. The molecule has 0 aliphatic carbocycles. The average molecular weight is 545 g/mol. The van der Waals surface area contributed by atoms with Crippen molar-refractivity contribution in [1.82, 2.24) is 5.32 Å². The first-order valence-corrected chi connectivity index (χ1v) is 13.3. The number of hydrogen-bond donors (Lipinski definition) is 2. The van der Waals surface area contributed by atoms with Crippen LogP contribution in [0.5, 0.6) is 5.75 Å². The molecular weight excluding hydrogens is 508 g/mol.